The normalized spacial score (nSPS) is 19.2. The van der Waals surface area contributed by atoms with E-state index < -0.39 is 17.6 Å². The van der Waals surface area contributed by atoms with Crippen LogP contribution in [0.15, 0.2) is 58.1 Å². The van der Waals surface area contributed by atoms with Gasteiger partial charge in [0.15, 0.2) is 11.4 Å². The highest BCUT2D eigenvalue weighted by Gasteiger charge is 2.48. The molecule has 0 spiro atoms. The molecule has 26 heavy (non-hydrogen) atoms. The van der Waals surface area contributed by atoms with Crippen molar-refractivity contribution in [2.24, 2.45) is 5.10 Å². The third-order valence-electron chi connectivity index (χ3n) is 3.98. The minimum atomic E-state index is -1.83. The molecule has 0 aliphatic carbocycles. The molecule has 1 amide bonds. The van der Waals surface area contributed by atoms with Crippen molar-refractivity contribution >= 4 is 45.1 Å². The maximum atomic E-state index is 13.0. The Morgan fingerprint density at radius 1 is 1.27 bits per heavy atom. The van der Waals surface area contributed by atoms with Crippen molar-refractivity contribution in [3.8, 4) is 0 Å². The van der Waals surface area contributed by atoms with Gasteiger partial charge in [-0.25, -0.2) is 4.79 Å². The Kier molecular flexibility index (Phi) is 5.13. The van der Waals surface area contributed by atoms with Crippen molar-refractivity contribution in [3.05, 3.63) is 69.2 Å². The van der Waals surface area contributed by atoms with Gasteiger partial charge in [0.05, 0.1) is 13.5 Å². The van der Waals surface area contributed by atoms with E-state index in [0.717, 1.165) is 5.01 Å². The van der Waals surface area contributed by atoms with E-state index in [9.17, 15) is 14.7 Å². The van der Waals surface area contributed by atoms with Crippen LogP contribution in [-0.2, 0) is 15.3 Å². The minimum absolute atomic E-state index is 0.0479. The summed E-state index contributed by atoms with van der Waals surface area (Å²) in [5.74, 6) is -1.26. The molecule has 0 bridgehead atoms. The van der Waals surface area contributed by atoms with Gasteiger partial charge in [-0.1, -0.05) is 45.7 Å². The lowest BCUT2D eigenvalue weighted by atomic mass is 9.97. The number of methoxy groups -OCH3 is 1. The van der Waals surface area contributed by atoms with E-state index >= 15 is 0 Å². The summed E-state index contributed by atoms with van der Waals surface area (Å²) < 4.78 is 5.39. The Balaban J connectivity index is 2.06. The van der Waals surface area contributed by atoms with Crippen LogP contribution in [0.5, 0.6) is 0 Å². The molecule has 0 saturated carbocycles. The molecule has 6 nitrogen and oxygen atoms in total. The summed E-state index contributed by atoms with van der Waals surface area (Å²) in [6, 6.07) is 13.0. The molecule has 8 heteroatoms. The molecule has 1 N–H and O–H groups in total. The van der Waals surface area contributed by atoms with Crippen molar-refractivity contribution in [1.29, 1.82) is 0 Å². The summed E-state index contributed by atoms with van der Waals surface area (Å²) in [5.41, 5.74) is -1.18. The van der Waals surface area contributed by atoms with Crippen LogP contribution in [0.3, 0.4) is 0 Å². The first-order valence-electron chi connectivity index (χ1n) is 7.59. The predicted octanol–water partition coefficient (Wildman–Crippen LogP) is 3.32. The van der Waals surface area contributed by atoms with E-state index in [4.69, 9.17) is 11.6 Å². The van der Waals surface area contributed by atoms with E-state index in [2.05, 4.69) is 25.8 Å². The zero-order valence-corrected chi connectivity index (χ0v) is 16.0. The highest BCUT2D eigenvalue weighted by Crippen LogP contribution is 2.37. The zero-order chi connectivity index (χ0) is 18.9. The van der Waals surface area contributed by atoms with Gasteiger partial charge in [-0.15, -0.1) is 0 Å². The molecule has 0 aromatic heterocycles. The number of hydrogen-bond donors (Lipinski definition) is 1. The van der Waals surface area contributed by atoms with Gasteiger partial charge < -0.3 is 9.84 Å². The molecule has 0 saturated heterocycles. The van der Waals surface area contributed by atoms with Gasteiger partial charge in [0, 0.05) is 20.6 Å². The number of aliphatic hydroxyl groups is 1. The fraction of sp³-hybridized carbons (Fsp3) is 0.167. The molecule has 0 radical (unpaired) electrons. The smallest absolute Gasteiger partial charge is 0.354 e. The fourth-order valence-corrected chi connectivity index (χ4v) is 3.20. The van der Waals surface area contributed by atoms with E-state index in [0.29, 0.717) is 20.6 Å². The van der Waals surface area contributed by atoms with Crippen LogP contribution in [-0.4, -0.2) is 34.8 Å². The molecule has 0 unspecified atom stereocenters. The van der Waals surface area contributed by atoms with E-state index in [1.165, 1.54) is 7.11 Å². The Morgan fingerprint density at radius 3 is 2.58 bits per heavy atom. The number of carbonyl (C=O) groups excluding carboxylic acids is 2. The first-order valence-corrected chi connectivity index (χ1v) is 8.76. The molecule has 2 aromatic rings. The van der Waals surface area contributed by atoms with Gasteiger partial charge in [0.1, 0.15) is 0 Å². The second-order valence-corrected chi connectivity index (χ2v) is 7.02. The summed E-state index contributed by atoms with van der Waals surface area (Å²) in [4.78, 5) is 24.9. The van der Waals surface area contributed by atoms with Crippen LogP contribution in [0.25, 0.3) is 0 Å². The summed E-state index contributed by atoms with van der Waals surface area (Å²) >= 11 is 9.22. The molecular weight excluding hydrogens is 424 g/mol. The number of carbonyl (C=O) groups is 2. The number of rotatable bonds is 3. The molecule has 134 valence electrons. The maximum absolute atomic E-state index is 13.0. The van der Waals surface area contributed by atoms with E-state index in [1.807, 2.05) is 0 Å². The molecule has 2 aromatic carbocycles. The van der Waals surface area contributed by atoms with Gasteiger partial charge in [-0.05, 0) is 30.3 Å². The third kappa shape index (κ3) is 3.38. The van der Waals surface area contributed by atoms with Crippen molar-refractivity contribution in [2.45, 2.75) is 12.1 Å². The van der Waals surface area contributed by atoms with E-state index in [-0.39, 0.29) is 12.1 Å². The lowest BCUT2D eigenvalue weighted by Crippen LogP contribution is -2.43. The Morgan fingerprint density at radius 2 is 1.96 bits per heavy atom. The highest BCUT2D eigenvalue weighted by molar-refractivity contribution is 9.10. The van der Waals surface area contributed by atoms with Crippen LogP contribution in [0.4, 0.5) is 0 Å². The van der Waals surface area contributed by atoms with Crippen LogP contribution in [0.2, 0.25) is 5.02 Å². The number of hydrazone groups is 1. The first-order chi connectivity index (χ1) is 12.3. The van der Waals surface area contributed by atoms with Crippen molar-refractivity contribution in [1.82, 2.24) is 5.01 Å². The average molecular weight is 438 g/mol. The number of amides is 1. The Bertz CT molecular complexity index is 900. The Labute approximate surface area is 163 Å². The maximum Gasteiger partial charge on any atom is 0.354 e. The van der Waals surface area contributed by atoms with Gasteiger partial charge >= 0.3 is 5.97 Å². The lowest BCUT2D eigenvalue weighted by Gasteiger charge is -2.31. The standard InChI is InChI=1S/C18H14BrClN2O4/c1-26-17(24)15-10-18(25,12-5-7-14(20)8-6-12)22(21-15)16(23)11-3-2-4-13(19)9-11/h2-9,25H,10H2,1H3/t18-/m1/s1. The number of ether oxygens (including phenoxy) is 1. The molecule has 1 heterocycles. The summed E-state index contributed by atoms with van der Waals surface area (Å²) in [6.07, 6.45) is -0.193. The fourth-order valence-electron chi connectivity index (χ4n) is 2.68. The zero-order valence-electron chi connectivity index (χ0n) is 13.6. The van der Waals surface area contributed by atoms with Gasteiger partial charge in [-0.3, -0.25) is 4.79 Å². The van der Waals surface area contributed by atoms with Crippen LogP contribution < -0.4 is 0 Å². The quantitative estimate of drug-likeness (QED) is 0.747. The largest absolute Gasteiger partial charge is 0.464 e. The lowest BCUT2D eigenvalue weighted by molar-refractivity contribution is -0.133. The number of esters is 1. The van der Waals surface area contributed by atoms with Crippen LogP contribution >= 0.6 is 27.5 Å². The third-order valence-corrected chi connectivity index (χ3v) is 4.72. The summed E-state index contributed by atoms with van der Waals surface area (Å²) in [6.45, 7) is 0. The summed E-state index contributed by atoms with van der Waals surface area (Å²) in [5, 5.41) is 16.7. The second kappa shape index (κ2) is 7.19. The van der Waals surface area contributed by atoms with Crippen molar-refractivity contribution in [3.63, 3.8) is 0 Å². The van der Waals surface area contributed by atoms with Gasteiger partial charge in [0.25, 0.3) is 5.91 Å². The predicted molar refractivity (Wildman–Crippen MR) is 99.7 cm³/mol. The minimum Gasteiger partial charge on any atom is -0.464 e. The van der Waals surface area contributed by atoms with Crippen LogP contribution in [0.1, 0.15) is 22.3 Å². The number of nitrogens with zero attached hydrogens (tertiary/aromatic N) is 2. The number of hydrogen-bond acceptors (Lipinski definition) is 5. The Hall–Kier alpha value is -2.22. The molecular formula is C18H14BrClN2O4. The second-order valence-electron chi connectivity index (χ2n) is 5.67. The van der Waals surface area contributed by atoms with Crippen LogP contribution in [0, 0.1) is 0 Å². The highest BCUT2D eigenvalue weighted by atomic mass is 79.9. The molecule has 1 aliphatic rings. The topological polar surface area (TPSA) is 79.2 Å². The molecule has 1 aliphatic heterocycles. The summed E-state index contributed by atoms with van der Waals surface area (Å²) in [7, 11) is 1.21. The SMILES string of the molecule is COC(=O)C1=NN(C(=O)c2cccc(Br)c2)[C@](O)(c2ccc(Cl)cc2)C1. The van der Waals surface area contributed by atoms with Crippen molar-refractivity contribution in [2.75, 3.05) is 7.11 Å². The van der Waals surface area contributed by atoms with Gasteiger partial charge in [-0.2, -0.15) is 10.1 Å². The molecule has 3 rings (SSSR count). The van der Waals surface area contributed by atoms with Gasteiger partial charge in [0.2, 0.25) is 0 Å². The number of benzene rings is 2. The molecule has 1 atom stereocenters. The monoisotopic (exact) mass is 436 g/mol. The number of halogens is 2. The van der Waals surface area contributed by atoms with Crippen molar-refractivity contribution < 1.29 is 19.4 Å². The average Bonchev–Trinajstić information content (AvgIpc) is 2.99. The van der Waals surface area contributed by atoms with E-state index in [1.54, 1.807) is 48.5 Å². The molecule has 0 fully saturated rings. The first kappa shape index (κ1) is 18.6.